The van der Waals surface area contributed by atoms with E-state index in [-0.39, 0.29) is 0 Å². The quantitative estimate of drug-likeness (QED) is 0.237. The Hall–Kier alpha value is -0.370. The summed E-state index contributed by atoms with van der Waals surface area (Å²) in [5, 5.41) is 0. The number of likely N-dealkylation sites (N-methyl/N-ethyl adjacent to an activating group) is 1. The third-order valence-corrected chi connectivity index (χ3v) is 1.60. The molecule has 1 aliphatic rings. The minimum absolute atomic E-state index is 1.12. The van der Waals surface area contributed by atoms with E-state index < -0.39 is 0 Å². The third kappa shape index (κ3) is 1.30. The van der Waals surface area contributed by atoms with Crippen molar-refractivity contribution in [1.29, 1.82) is 0 Å². The molecule has 0 N–H and O–H groups in total. The largest absolute Gasteiger partial charge is 0.294 e. The summed E-state index contributed by atoms with van der Waals surface area (Å²) in [5.41, 5.74) is 0. The molecular formula is C6H13N2+. The lowest BCUT2D eigenvalue weighted by molar-refractivity contribution is -0.530. The van der Waals surface area contributed by atoms with Gasteiger partial charge in [-0.25, -0.2) is 4.58 Å². The molecule has 8 heavy (non-hydrogen) atoms. The van der Waals surface area contributed by atoms with E-state index in [1.807, 2.05) is 0 Å². The second-order valence-corrected chi connectivity index (χ2v) is 2.42. The van der Waals surface area contributed by atoms with E-state index in [1.165, 1.54) is 13.1 Å². The van der Waals surface area contributed by atoms with E-state index in [9.17, 15) is 0 Å². The fraction of sp³-hybridized carbons (Fsp3) is 0.833. The summed E-state index contributed by atoms with van der Waals surface area (Å²) in [5.74, 6) is 0. The van der Waals surface area contributed by atoms with Crippen LogP contribution in [0.15, 0.2) is 0 Å². The number of hydrogen-bond acceptors (Lipinski definition) is 1. The lowest BCUT2D eigenvalue weighted by Gasteiger charge is -2.18. The fourth-order valence-corrected chi connectivity index (χ4v) is 0.848. The smallest absolute Gasteiger partial charge is 0.154 e. The highest BCUT2D eigenvalue weighted by molar-refractivity contribution is 5.14. The molecule has 1 aliphatic heterocycles. The molecule has 0 aromatic heterocycles. The zero-order valence-corrected chi connectivity index (χ0v) is 5.43. The molecule has 0 bridgehead atoms. The number of hydrogen-bond donors (Lipinski definition) is 0. The number of nitrogens with zero attached hydrogens (tertiary/aromatic N) is 2. The zero-order valence-electron chi connectivity index (χ0n) is 5.43. The molecule has 1 rings (SSSR count). The van der Waals surface area contributed by atoms with Gasteiger partial charge in [0.2, 0.25) is 0 Å². The van der Waals surface area contributed by atoms with Crippen LogP contribution in [0.3, 0.4) is 0 Å². The summed E-state index contributed by atoms with van der Waals surface area (Å²) in [4.78, 5) is 2.32. The third-order valence-electron chi connectivity index (χ3n) is 1.60. The first-order valence-corrected chi connectivity index (χ1v) is 3.03. The maximum absolute atomic E-state index is 3.84. The molecule has 2 nitrogen and oxygen atoms in total. The molecule has 0 unspecified atom stereocenters. The molecule has 0 spiro atoms. The molecule has 0 aromatic rings. The van der Waals surface area contributed by atoms with Crippen LogP contribution in [0.5, 0.6) is 0 Å². The highest BCUT2D eigenvalue weighted by Gasteiger charge is 2.11. The Kier molecular flexibility index (Phi) is 1.63. The summed E-state index contributed by atoms with van der Waals surface area (Å²) < 4.78 is 2.11. The van der Waals surface area contributed by atoms with Crippen LogP contribution in [-0.2, 0) is 0 Å². The van der Waals surface area contributed by atoms with Gasteiger partial charge >= 0.3 is 0 Å². The first-order valence-electron chi connectivity index (χ1n) is 3.03. The first kappa shape index (κ1) is 5.76. The fourth-order valence-electron chi connectivity index (χ4n) is 0.848. The van der Waals surface area contributed by atoms with Gasteiger partial charge in [0.25, 0.3) is 0 Å². The average molecular weight is 115 g/mol. The number of rotatable bonds is 0. The standard InChI is InChI=1S/C6H13N2/c1-7-3-5-8(2)6-4-7/h1,3-6H2,2H3/q+1/i1+1,7+1. The molecular weight excluding hydrogens is 102 g/mol. The second kappa shape index (κ2) is 2.27. The van der Waals surface area contributed by atoms with Crippen LogP contribution in [-0.4, -0.2) is 49.4 Å². The highest BCUT2D eigenvalue weighted by Crippen LogP contribution is 1.89. The lowest BCUT2D eigenvalue weighted by Crippen LogP contribution is -2.38. The highest BCUT2D eigenvalue weighted by atomic mass is 15.8. The van der Waals surface area contributed by atoms with Crippen LogP contribution in [0, 0.1) is 0 Å². The van der Waals surface area contributed by atoms with Gasteiger partial charge in [0, 0.05) is 0 Å². The van der Waals surface area contributed by atoms with Crippen molar-refractivity contribution in [3.05, 3.63) is 0 Å². The van der Waals surface area contributed by atoms with Crippen molar-refractivity contribution in [2.24, 2.45) is 0 Å². The topological polar surface area (TPSA) is 6.25 Å². The molecule has 1 saturated heterocycles. The van der Waals surface area contributed by atoms with Crippen LogP contribution in [0.1, 0.15) is 0 Å². The first-order chi connectivity index (χ1) is 3.79. The van der Waals surface area contributed by atoms with Gasteiger partial charge in [0.15, 0.2) is 13.1 Å². The van der Waals surface area contributed by atoms with E-state index in [1.54, 1.807) is 0 Å². The van der Waals surface area contributed by atoms with Crippen LogP contribution < -0.4 is 0 Å². The van der Waals surface area contributed by atoms with E-state index in [4.69, 9.17) is 0 Å². The predicted octanol–water partition coefficient (Wildman–Crippen LogP) is -0.355. The maximum atomic E-state index is 3.84. The molecule has 0 aromatic carbocycles. The summed E-state index contributed by atoms with van der Waals surface area (Å²) in [6.07, 6.45) is 0. The van der Waals surface area contributed by atoms with Crippen molar-refractivity contribution in [3.63, 3.8) is 0 Å². The molecule has 0 radical (unpaired) electrons. The lowest BCUT2D eigenvalue weighted by atomic mass is 10.4. The van der Waals surface area contributed by atoms with Gasteiger partial charge in [-0.2, -0.15) is 0 Å². The Morgan fingerprint density at radius 1 is 1.38 bits per heavy atom. The SMILES string of the molecule is CN1CC[15N+](=[13CH2])CC1. The summed E-state index contributed by atoms with van der Waals surface area (Å²) in [7, 11) is 2.15. The van der Waals surface area contributed by atoms with Gasteiger partial charge in [-0.15, -0.1) is 0 Å². The van der Waals surface area contributed by atoms with Gasteiger partial charge in [-0.3, -0.25) is 4.90 Å². The molecule has 0 atom stereocenters. The van der Waals surface area contributed by atoms with Crippen molar-refractivity contribution >= 4 is 6.72 Å². The minimum Gasteiger partial charge on any atom is -0.294 e. The summed E-state index contributed by atoms with van der Waals surface area (Å²) >= 11 is 0. The Morgan fingerprint density at radius 2 is 1.88 bits per heavy atom. The van der Waals surface area contributed by atoms with Crippen LogP contribution in [0.4, 0.5) is 0 Å². The van der Waals surface area contributed by atoms with Crippen molar-refractivity contribution < 1.29 is 4.58 Å². The Labute approximate surface area is 50.4 Å². The summed E-state index contributed by atoms with van der Waals surface area (Å²) in [6.45, 7) is 8.42. The van der Waals surface area contributed by atoms with Crippen LogP contribution >= 0.6 is 0 Å². The maximum Gasteiger partial charge on any atom is 0.154 e. The van der Waals surface area contributed by atoms with Gasteiger partial charge < -0.3 is 0 Å². The van der Waals surface area contributed by atoms with E-state index >= 15 is 0 Å². The molecule has 1 heterocycles. The van der Waals surface area contributed by atoms with E-state index in [2.05, 4.69) is 23.2 Å². The van der Waals surface area contributed by atoms with Gasteiger partial charge in [0.1, 0.15) is 6.72 Å². The van der Waals surface area contributed by atoms with Gasteiger partial charge in [-0.1, -0.05) is 0 Å². The molecule has 2 heteroatoms. The predicted molar refractivity (Wildman–Crippen MR) is 34.6 cm³/mol. The van der Waals surface area contributed by atoms with Crippen molar-refractivity contribution in [3.8, 4) is 0 Å². The molecule has 0 amide bonds. The minimum atomic E-state index is 1.12. The van der Waals surface area contributed by atoms with E-state index in [0.29, 0.717) is 0 Å². The van der Waals surface area contributed by atoms with E-state index in [0.717, 1.165) is 13.1 Å². The van der Waals surface area contributed by atoms with Crippen LogP contribution in [0.25, 0.3) is 0 Å². The molecule has 1 fully saturated rings. The zero-order chi connectivity index (χ0) is 5.98. The Balaban J connectivity index is 2.29. The number of piperazine rings is 1. The molecule has 0 aliphatic carbocycles. The second-order valence-electron chi connectivity index (χ2n) is 2.42. The normalized spacial score (nSPS) is 23.9. The van der Waals surface area contributed by atoms with Crippen molar-refractivity contribution in [1.82, 2.24) is 4.90 Å². The molecule has 0 saturated carbocycles. The monoisotopic (exact) mass is 115 g/mol. The van der Waals surface area contributed by atoms with Crippen molar-refractivity contribution in [2.45, 2.75) is 0 Å². The average Bonchev–Trinajstić information content (AvgIpc) is 1.77. The van der Waals surface area contributed by atoms with Crippen molar-refractivity contribution in [2.75, 3.05) is 33.2 Å². The Morgan fingerprint density at radius 3 is 2.25 bits per heavy atom. The Bertz CT molecular complexity index is 88.7. The molecule has 46 valence electrons. The van der Waals surface area contributed by atoms with Gasteiger partial charge in [0.05, 0.1) is 13.1 Å². The summed E-state index contributed by atoms with van der Waals surface area (Å²) in [6, 6.07) is 0. The van der Waals surface area contributed by atoms with Crippen LogP contribution in [0.2, 0.25) is 0 Å². The van der Waals surface area contributed by atoms with Gasteiger partial charge in [-0.05, 0) is 7.05 Å².